The molecule has 0 unspecified atom stereocenters. The van der Waals surface area contributed by atoms with Gasteiger partial charge in [-0.3, -0.25) is 4.79 Å². The van der Waals surface area contributed by atoms with Crippen LogP contribution in [-0.2, 0) is 9.47 Å². The number of hydrogen-bond donors (Lipinski definition) is 0. The van der Waals surface area contributed by atoms with Gasteiger partial charge in [0.05, 0.1) is 41.1 Å². The van der Waals surface area contributed by atoms with Crippen LogP contribution in [0.2, 0.25) is 0 Å². The van der Waals surface area contributed by atoms with Crippen LogP contribution >= 0.6 is 0 Å². The molecule has 168 valence electrons. The van der Waals surface area contributed by atoms with Crippen molar-refractivity contribution in [3.05, 3.63) is 48.2 Å². The molecule has 3 aromatic rings. The monoisotopic (exact) mass is 434 g/mol. The van der Waals surface area contributed by atoms with Crippen LogP contribution in [0.15, 0.2) is 42.6 Å². The van der Waals surface area contributed by atoms with Crippen LogP contribution < -0.4 is 0 Å². The zero-order valence-corrected chi connectivity index (χ0v) is 19.0. The minimum Gasteiger partial charge on any atom is -0.381 e. The number of rotatable bonds is 3. The lowest BCUT2D eigenvalue weighted by molar-refractivity contribution is -0.176. The van der Waals surface area contributed by atoms with Crippen molar-refractivity contribution in [3.63, 3.8) is 0 Å². The Bertz CT molecular complexity index is 1120. The molecule has 0 bridgehead atoms. The van der Waals surface area contributed by atoms with Crippen molar-refractivity contribution >= 4 is 16.9 Å². The molecule has 1 atom stereocenters. The topological polar surface area (TPSA) is 69.5 Å². The maximum Gasteiger partial charge on any atom is 0.254 e. The summed E-state index contributed by atoms with van der Waals surface area (Å²) < 4.78 is 13.8. The summed E-state index contributed by atoms with van der Waals surface area (Å²) in [5, 5.41) is 5.35. The van der Waals surface area contributed by atoms with Crippen molar-refractivity contribution in [1.82, 2.24) is 19.7 Å². The lowest BCUT2D eigenvalue weighted by Gasteiger charge is -2.47. The van der Waals surface area contributed by atoms with Crippen molar-refractivity contribution < 1.29 is 14.3 Å². The quantitative estimate of drug-likeness (QED) is 0.621. The molecule has 0 radical (unpaired) electrons. The lowest BCUT2D eigenvalue weighted by Crippen LogP contribution is -2.58. The van der Waals surface area contributed by atoms with Crippen molar-refractivity contribution in [2.75, 3.05) is 26.3 Å². The van der Waals surface area contributed by atoms with E-state index in [0.717, 1.165) is 35.1 Å². The molecule has 0 N–H and O–H groups in total. The molecule has 2 aliphatic rings. The van der Waals surface area contributed by atoms with E-state index in [-0.39, 0.29) is 23.7 Å². The van der Waals surface area contributed by atoms with E-state index in [4.69, 9.17) is 14.5 Å². The minimum atomic E-state index is -0.317. The Morgan fingerprint density at radius 1 is 1.19 bits per heavy atom. The normalized spacial score (nSPS) is 20.9. The first kappa shape index (κ1) is 21.1. The highest BCUT2D eigenvalue weighted by Crippen LogP contribution is 2.33. The summed E-state index contributed by atoms with van der Waals surface area (Å²) in [5.74, 6) is 0.0129. The Labute approximate surface area is 188 Å². The van der Waals surface area contributed by atoms with E-state index in [1.165, 1.54) is 0 Å². The fraction of sp³-hybridized carbons (Fsp3) is 0.480. The van der Waals surface area contributed by atoms with Gasteiger partial charge in [-0.2, -0.15) is 5.10 Å². The predicted octanol–water partition coefficient (Wildman–Crippen LogP) is 4.09. The molecule has 1 amide bonds. The van der Waals surface area contributed by atoms with Crippen molar-refractivity contribution in [2.45, 2.75) is 51.4 Å². The minimum absolute atomic E-state index is 0.0129. The molecule has 0 aliphatic carbocycles. The number of hydrogen-bond acceptors (Lipinski definition) is 5. The van der Waals surface area contributed by atoms with Gasteiger partial charge in [0, 0.05) is 44.2 Å². The van der Waals surface area contributed by atoms with Crippen LogP contribution in [-0.4, -0.2) is 63.6 Å². The van der Waals surface area contributed by atoms with Gasteiger partial charge in [0.25, 0.3) is 5.91 Å². The van der Waals surface area contributed by atoms with E-state index in [2.05, 4.69) is 18.9 Å². The van der Waals surface area contributed by atoms with Crippen LogP contribution in [0, 0.1) is 0 Å². The maximum atomic E-state index is 13.9. The Morgan fingerprint density at radius 2 is 1.94 bits per heavy atom. The van der Waals surface area contributed by atoms with Crippen LogP contribution in [0.25, 0.3) is 22.3 Å². The molecule has 2 fully saturated rings. The molecule has 2 aliphatic heterocycles. The molecule has 1 aromatic carbocycles. The molecule has 0 saturated carbocycles. The first-order valence-corrected chi connectivity index (χ1v) is 11.4. The highest BCUT2D eigenvalue weighted by molar-refractivity contribution is 6.06. The fourth-order valence-corrected chi connectivity index (χ4v) is 4.90. The van der Waals surface area contributed by atoms with Crippen LogP contribution in [0.3, 0.4) is 0 Å². The Balaban J connectivity index is 1.58. The molecule has 1 spiro atoms. The van der Waals surface area contributed by atoms with Gasteiger partial charge in [0.2, 0.25) is 0 Å². The second-order valence-electron chi connectivity index (χ2n) is 9.25. The van der Waals surface area contributed by atoms with E-state index in [9.17, 15) is 4.79 Å². The third-order valence-electron chi connectivity index (χ3n) is 6.45. The number of aromatic nitrogens is 3. The third-order valence-corrected chi connectivity index (χ3v) is 6.45. The molecule has 2 aromatic heterocycles. The van der Waals surface area contributed by atoms with Gasteiger partial charge in [-0.1, -0.05) is 30.3 Å². The first-order chi connectivity index (χ1) is 15.5. The average Bonchev–Trinajstić information content (AvgIpc) is 3.23. The second kappa shape index (κ2) is 8.30. The number of morpholine rings is 1. The molecule has 7 heteroatoms. The first-order valence-electron chi connectivity index (χ1n) is 11.4. The second-order valence-corrected chi connectivity index (χ2v) is 9.25. The van der Waals surface area contributed by atoms with Gasteiger partial charge in [0.1, 0.15) is 0 Å². The zero-order chi connectivity index (χ0) is 22.3. The summed E-state index contributed by atoms with van der Waals surface area (Å²) in [6.07, 6.45) is 3.38. The SMILES string of the molecule is CC(C)n1ncc2c(C(=O)N3C[C@H](C)OC4(CCOCC4)C3)cc(-c3ccccc3)nc21. The van der Waals surface area contributed by atoms with Crippen molar-refractivity contribution in [1.29, 1.82) is 0 Å². The van der Waals surface area contributed by atoms with Gasteiger partial charge < -0.3 is 14.4 Å². The van der Waals surface area contributed by atoms with E-state index >= 15 is 0 Å². The molecule has 2 saturated heterocycles. The van der Waals surface area contributed by atoms with Gasteiger partial charge in [-0.05, 0) is 26.8 Å². The third kappa shape index (κ3) is 3.80. The molecule has 5 rings (SSSR count). The van der Waals surface area contributed by atoms with E-state index in [0.29, 0.717) is 31.9 Å². The van der Waals surface area contributed by atoms with E-state index in [1.807, 2.05) is 52.9 Å². The molecular formula is C25H30N4O3. The molecular weight excluding hydrogens is 404 g/mol. The van der Waals surface area contributed by atoms with E-state index in [1.54, 1.807) is 6.20 Å². The summed E-state index contributed by atoms with van der Waals surface area (Å²) in [6.45, 7) is 8.70. The number of nitrogens with zero attached hydrogens (tertiary/aromatic N) is 4. The number of fused-ring (bicyclic) bond motifs is 1. The van der Waals surface area contributed by atoms with Crippen molar-refractivity contribution in [3.8, 4) is 11.3 Å². The Hall–Kier alpha value is -2.77. The summed E-state index contributed by atoms with van der Waals surface area (Å²) >= 11 is 0. The number of carbonyl (C=O) groups is 1. The number of pyridine rings is 1. The van der Waals surface area contributed by atoms with Gasteiger partial charge >= 0.3 is 0 Å². The maximum absolute atomic E-state index is 13.9. The summed E-state index contributed by atoms with van der Waals surface area (Å²) in [4.78, 5) is 20.8. The van der Waals surface area contributed by atoms with Gasteiger partial charge in [0.15, 0.2) is 5.65 Å². The summed E-state index contributed by atoms with van der Waals surface area (Å²) in [6, 6.07) is 12.1. The average molecular weight is 435 g/mol. The van der Waals surface area contributed by atoms with Gasteiger partial charge in [-0.25, -0.2) is 9.67 Å². The fourth-order valence-electron chi connectivity index (χ4n) is 4.90. The lowest BCUT2D eigenvalue weighted by atomic mass is 9.90. The number of carbonyl (C=O) groups excluding carboxylic acids is 1. The number of amides is 1. The number of ether oxygens (including phenoxy) is 2. The van der Waals surface area contributed by atoms with Crippen LogP contribution in [0.5, 0.6) is 0 Å². The standard InChI is InChI=1S/C25H30N4O3/c1-17(2)29-23-21(14-26-29)20(13-22(27-23)19-7-5-4-6-8-19)24(30)28-15-18(3)32-25(16-28)9-11-31-12-10-25/h4-8,13-14,17-18H,9-12,15-16H2,1-3H3/t18-/m0/s1. The van der Waals surface area contributed by atoms with Crippen molar-refractivity contribution in [2.24, 2.45) is 0 Å². The highest BCUT2D eigenvalue weighted by Gasteiger charge is 2.42. The largest absolute Gasteiger partial charge is 0.381 e. The van der Waals surface area contributed by atoms with E-state index < -0.39 is 0 Å². The van der Waals surface area contributed by atoms with Crippen LogP contribution in [0.1, 0.15) is 50.0 Å². The highest BCUT2D eigenvalue weighted by atomic mass is 16.5. The molecule has 32 heavy (non-hydrogen) atoms. The number of benzene rings is 1. The Morgan fingerprint density at radius 3 is 2.66 bits per heavy atom. The summed E-state index contributed by atoms with van der Waals surface area (Å²) in [7, 11) is 0. The summed E-state index contributed by atoms with van der Waals surface area (Å²) in [5.41, 5.74) is 2.84. The van der Waals surface area contributed by atoms with Gasteiger partial charge in [-0.15, -0.1) is 0 Å². The Kier molecular flexibility index (Phi) is 5.47. The predicted molar refractivity (Wildman–Crippen MR) is 123 cm³/mol. The zero-order valence-electron chi connectivity index (χ0n) is 19.0. The molecule has 4 heterocycles. The molecule has 7 nitrogen and oxygen atoms in total. The smallest absolute Gasteiger partial charge is 0.254 e. The van der Waals surface area contributed by atoms with Crippen LogP contribution in [0.4, 0.5) is 0 Å².